The Morgan fingerprint density at radius 1 is 0.875 bits per heavy atom. The first-order valence-corrected chi connectivity index (χ1v) is 9.63. The number of hydrogen-bond donors (Lipinski definition) is 0. The van der Waals surface area contributed by atoms with Gasteiger partial charge in [-0.2, -0.15) is 37.4 Å². The van der Waals surface area contributed by atoms with Crippen LogP contribution < -0.4 is 4.74 Å². The molecule has 0 radical (unpaired) electrons. The third-order valence-electron chi connectivity index (χ3n) is 4.12. The summed E-state index contributed by atoms with van der Waals surface area (Å²) in [6.07, 6.45) is 0. The minimum absolute atomic E-state index is 0. The van der Waals surface area contributed by atoms with Gasteiger partial charge in [0.05, 0.1) is 12.2 Å². The zero-order chi connectivity index (χ0) is 22.6. The summed E-state index contributed by atoms with van der Waals surface area (Å²) in [6.45, 7) is 11.7. The molecule has 0 atom stereocenters. The quantitative estimate of drug-likeness (QED) is 0.0752. The van der Waals surface area contributed by atoms with Crippen LogP contribution in [-0.2, 0) is 29.6 Å². The largest absolute Gasteiger partial charge is 2.00 e. The van der Waals surface area contributed by atoms with Gasteiger partial charge in [-0.1, -0.05) is 48.6 Å². The Bertz CT molecular complexity index is 994. The Balaban J connectivity index is 0.000000558. The molecule has 166 valence electrons. The smallest absolute Gasteiger partial charge is 0.423 e. The molecule has 0 bridgehead atoms. The summed E-state index contributed by atoms with van der Waals surface area (Å²) >= 11 is 0. The van der Waals surface area contributed by atoms with E-state index >= 15 is 0 Å². The van der Waals surface area contributed by atoms with Gasteiger partial charge in [0.2, 0.25) is 0 Å². The number of esters is 1. The third kappa shape index (κ3) is 9.12. The molecule has 0 N–H and O–H groups in total. The first-order chi connectivity index (χ1) is 14.9. The van der Waals surface area contributed by atoms with Gasteiger partial charge in [0, 0.05) is 0 Å². The van der Waals surface area contributed by atoms with Crippen molar-refractivity contribution in [2.24, 2.45) is 0 Å². The molecule has 0 spiro atoms. The Kier molecular flexibility index (Phi) is 12.1. The number of ether oxygens (including phenoxy) is 1. The van der Waals surface area contributed by atoms with Crippen LogP contribution in [0.25, 0.3) is 16.7 Å². The molecular weight excluding hydrogens is 579 g/mol. The third-order valence-corrected chi connectivity index (χ3v) is 4.12. The number of allylic oxidation sites excluding steroid dienone is 1. The SMILES string of the molecule is C=C(C)COO[CH2-].C=C(C)c1ccc(OC(=O)c2ccc(-c3cc[c-]cc3)cc2)cc1.[Os+2]. The van der Waals surface area contributed by atoms with Crippen LogP contribution in [0.1, 0.15) is 29.8 Å². The normalized spacial score (nSPS) is 9.59. The molecule has 0 aliphatic carbocycles. The van der Waals surface area contributed by atoms with Gasteiger partial charge >= 0.3 is 25.8 Å². The van der Waals surface area contributed by atoms with Gasteiger partial charge in [-0.05, 0) is 49.2 Å². The van der Waals surface area contributed by atoms with E-state index in [2.05, 4.69) is 36.1 Å². The molecule has 4 nitrogen and oxygen atoms in total. The van der Waals surface area contributed by atoms with E-state index in [1.54, 1.807) is 24.3 Å². The molecule has 0 fully saturated rings. The van der Waals surface area contributed by atoms with Crippen molar-refractivity contribution in [3.05, 3.63) is 116 Å². The minimum Gasteiger partial charge on any atom is -0.423 e. The van der Waals surface area contributed by atoms with Crippen molar-refractivity contribution in [2.45, 2.75) is 13.8 Å². The van der Waals surface area contributed by atoms with Gasteiger partial charge in [-0.15, -0.1) is 5.56 Å². The monoisotopic (exact) mass is 606 g/mol. The molecule has 0 saturated carbocycles. The maximum Gasteiger partial charge on any atom is 2.00 e. The summed E-state index contributed by atoms with van der Waals surface area (Å²) < 4.78 is 5.41. The molecule has 0 unspecified atom stereocenters. The molecule has 0 aromatic heterocycles. The van der Waals surface area contributed by atoms with Gasteiger partial charge in [0.15, 0.2) is 0 Å². The summed E-state index contributed by atoms with van der Waals surface area (Å²) in [7, 11) is 2.99. The van der Waals surface area contributed by atoms with E-state index in [1.165, 1.54) is 0 Å². The van der Waals surface area contributed by atoms with Gasteiger partial charge in [0.1, 0.15) is 5.75 Å². The van der Waals surface area contributed by atoms with Crippen LogP contribution in [-0.4, -0.2) is 12.6 Å². The van der Waals surface area contributed by atoms with E-state index in [0.29, 0.717) is 17.9 Å². The van der Waals surface area contributed by atoms with Crippen molar-refractivity contribution in [1.29, 1.82) is 0 Å². The molecule has 0 saturated heterocycles. The standard InChI is InChI=1S/C22H17O2.C5H9O2.Os/c1-16(2)17-12-14-21(15-13-17)24-22(23)20-10-8-19(9-11-20)18-6-4-3-5-7-18;1-5(2)4-7-6-3;/h4-15H,1H2,2H3;1,3-4H2,2H3;/q2*-1;+2. The summed E-state index contributed by atoms with van der Waals surface area (Å²) in [5.74, 6) is 0.152. The van der Waals surface area contributed by atoms with E-state index < -0.39 is 0 Å². The predicted molar refractivity (Wildman–Crippen MR) is 124 cm³/mol. The second kappa shape index (κ2) is 14.3. The maximum atomic E-state index is 12.2. The fraction of sp³-hybridized carbons (Fsp3) is 0.111. The summed E-state index contributed by atoms with van der Waals surface area (Å²) in [5, 5.41) is 0. The zero-order valence-corrected chi connectivity index (χ0v) is 20.8. The minimum atomic E-state index is -0.369. The van der Waals surface area contributed by atoms with E-state index in [1.807, 2.05) is 62.4 Å². The summed E-state index contributed by atoms with van der Waals surface area (Å²) in [6, 6.07) is 25.4. The van der Waals surface area contributed by atoms with Crippen molar-refractivity contribution < 1.29 is 39.1 Å². The Morgan fingerprint density at radius 2 is 1.41 bits per heavy atom. The summed E-state index contributed by atoms with van der Waals surface area (Å²) in [4.78, 5) is 20.7. The fourth-order valence-corrected chi connectivity index (χ4v) is 2.49. The maximum absolute atomic E-state index is 12.2. The molecule has 3 aromatic rings. The number of benzene rings is 3. The predicted octanol–water partition coefficient (Wildman–Crippen LogP) is 6.71. The van der Waals surface area contributed by atoms with E-state index in [0.717, 1.165) is 27.8 Å². The average molecular weight is 605 g/mol. The molecule has 0 heterocycles. The molecule has 0 aliphatic rings. The van der Waals surface area contributed by atoms with Crippen LogP contribution in [0.2, 0.25) is 0 Å². The number of rotatable bonds is 7. The molecular formula is C27H26O4Os. The zero-order valence-electron chi connectivity index (χ0n) is 18.2. The van der Waals surface area contributed by atoms with Crippen LogP contribution in [0.3, 0.4) is 0 Å². The fourth-order valence-electron chi connectivity index (χ4n) is 2.49. The van der Waals surface area contributed by atoms with Crippen molar-refractivity contribution in [3.63, 3.8) is 0 Å². The van der Waals surface area contributed by atoms with Crippen molar-refractivity contribution in [1.82, 2.24) is 0 Å². The van der Waals surface area contributed by atoms with Crippen LogP contribution in [0.4, 0.5) is 0 Å². The van der Waals surface area contributed by atoms with Gasteiger partial charge in [-0.3, -0.25) is 4.89 Å². The second-order valence-corrected chi connectivity index (χ2v) is 6.90. The molecule has 5 heteroatoms. The Morgan fingerprint density at radius 3 is 1.88 bits per heavy atom. The van der Waals surface area contributed by atoms with Crippen LogP contribution in [0, 0.1) is 13.2 Å². The number of carbonyl (C=O) groups is 1. The van der Waals surface area contributed by atoms with Crippen molar-refractivity contribution in [3.8, 4) is 16.9 Å². The van der Waals surface area contributed by atoms with Gasteiger partial charge in [0.25, 0.3) is 0 Å². The topological polar surface area (TPSA) is 44.8 Å². The van der Waals surface area contributed by atoms with Gasteiger partial charge < -0.3 is 9.62 Å². The molecule has 32 heavy (non-hydrogen) atoms. The Hall–Kier alpha value is -2.83. The molecule has 3 rings (SSSR count). The average Bonchev–Trinajstić information content (AvgIpc) is 2.79. The molecule has 0 aliphatic heterocycles. The number of hydrogen-bond acceptors (Lipinski definition) is 4. The van der Waals surface area contributed by atoms with E-state index in [9.17, 15) is 4.79 Å². The first-order valence-electron chi connectivity index (χ1n) is 9.63. The second-order valence-electron chi connectivity index (χ2n) is 6.90. The van der Waals surface area contributed by atoms with E-state index in [-0.39, 0.29) is 25.8 Å². The Labute approximate surface area is 203 Å². The summed E-state index contributed by atoms with van der Waals surface area (Å²) in [5.41, 5.74) is 5.57. The van der Waals surface area contributed by atoms with Gasteiger partial charge in [-0.25, -0.2) is 4.79 Å². The number of carbonyl (C=O) groups excluding carboxylic acids is 1. The van der Waals surface area contributed by atoms with Crippen LogP contribution >= 0.6 is 0 Å². The first kappa shape index (κ1) is 27.2. The molecule has 3 aromatic carbocycles. The molecule has 0 amide bonds. The van der Waals surface area contributed by atoms with Crippen LogP contribution in [0.5, 0.6) is 5.75 Å². The van der Waals surface area contributed by atoms with Crippen LogP contribution in [0.15, 0.2) is 91.5 Å². The van der Waals surface area contributed by atoms with Crippen molar-refractivity contribution >= 4 is 11.5 Å². The van der Waals surface area contributed by atoms with Crippen molar-refractivity contribution in [2.75, 3.05) is 6.61 Å². The van der Waals surface area contributed by atoms with E-state index in [4.69, 9.17) is 4.74 Å².